The first-order chi connectivity index (χ1) is 16.5. The fourth-order valence-electron chi connectivity index (χ4n) is 3.84. The molecule has 0 unspecified atom stereocenters. The SMILES string of the molecule is Cc1ccccc1NC(=S)N(CCc1ccccc1)Cc1cccn1Cc1ccc(F)cc1Cl. The van der Waals surface area contributed by atoms with Crippen LogP contribution in [0.4, 0.5) is 10.1 Å². The predicted molar refractivity (Wildman–Crippen MR) is 143 cm³/mol. The molecular weight excluding hydrogens is 465 g/mol. The lowest BCUT2D eigenvalue weighted by Gasteiger charge is -2.27. The van der Waals surface area contributed by atoms with Crippen molar-refractivity contribution >= 4 is 34.6 Å². The Morgan fingerprint density at radius 3 is 2.53 bits per heavy atom. The second kappa shape index (κ2) is 11.3. The second-order valence-electron chi connectivity index (χ2n) is 8.27. The average molecular weight is 492 g/mol. The maximum Gasteiger partial charge on any atom is 0.173 e. The van der Waals surface area contributed by atoms with Gasteiger partial charge in [-0.05, 0) is 72.6 Å². The predicted octanol–water partition coefficient (Wildman–Crippen LogP) is 7.08. The van der Waals surface area contributed by atoms with Crippen molar-refractivity contribution in [3.63, 3.8) is 0 Å². The van der Waals surface area contributed by atoms with Gasteiger partial charge in [-0.25, -0.2) is 4.39 Å². The standard InChI is InChI=1S/C28H27ClFN3S/c1-21-8-5-6-12-27(21)31-28(34)33(17-15-22-9-3-2-4-10-22)20-25-11-7-16-32(25)19-23-13-14-24(30)18-26(23)29/h2-14,16,18H,15,17,19-20H2,1H3,(H,31,34). The van der Waals surface area contributed by atoms with Crippen LogP contribution < -0.4 is 5.32 Å². The molecule has 0 aliphatic heterocycles. The highest BCUT2D eigenvalue weighted by atomic mass is 35.5. The topological polar surface area (TPSA) is 20.2 Å². The van der Waals surface area contributed by atoms with Crippen LogP contribution in [-0.4, -0.2) is 21.1 Å². The summed E-state index contributed by atoms with van der Waals surface area (Å²) in [6.45, 7) is 4.03. The Morgan fingerprint density at radius 2 is 1.76 bits per heavy atom. The molecule has 4 aromatic rings. The summed E-state index contributed by atoms with van der Waals surface area (Å²) in [5.74, 6) is -0.332. The molecule has 0 amide bonds. The first-order valence-electron chi connectivity index (χ1n) is 11.2. The van der Waals surface area contributed by atoms with Crippen LogP contribution in [0.1, 0.15) is 22.4 Å². The number of benzene rings is 3. The van der Waals surface area contributed by atoms with Gasteiger partial charge < -0.3 is 14.8 Å². The van der Waals surface area contributed by atoms with E-state index in [1.807, 2.05) is 36.5 Å². The van der Waals surface area contributed by atoms with E-state index in [-0.39, 0.29) is 5.82 Å². The molecule has 0 aliphatic carbocycles. The summed E-state index contributed by atoms with van der Waals surface area (Å²) >= 11 is 12.1. The highest BCUT2D eigenvalue weighted by Crippen LogP contribution is 2.21. The van der Waals surface area contributed by atoms with Gasteiger partial charge >= 0.3 is 0 Å². The number of hydrogen-bond donors (Lipinski definition) is 1. The Hall–Kier alpha value is -3.15. The third kappa shape index (κ3) is 6.25. The maximum atomic E-state index is 13.5. The van der Waals surface area contributed by atoms with Crippen LogP contribution in [0, 0.1) is 12.7 Å². The van der Waals surface area contributed by atoms with E-state index in [4.69, 9.17) is 23.8 Å². The summed E-state index contributed by atoms with van der Waals surface area (Å²) in [5, 5.41) is 4.54. The lowest BCUT2D eigenvalue weighted by Crippen LogP contribution is -2.36. The van der Waals surface area contributed by atoms with Crippen molar-refractivity contribution in [3.05, 3.63) is 124 Å². The zero-order chi connectivity index (χ0) is 23.9. The van der Waals surface area contributed by atoms with Gasteiger partial charge in [0.1, 0.15) is 5.82 Å². The van der Waals surface area contributed by atoms with Gasteiger partial charge in [-0.15, -0.1) is 0 Å². The smallest absolute Gasteiger partial charge is 0.173 e. The Balaban J connectivity index is 1.53. The molecular formula is C28H27ClFN3S. The van der Waals surface area contributed by atoms with Crippen LogP contribution in [0.5, 0.6) is 0 Å². The van der Waals surface area contributed by atoms with Gasteiger partial charge in [-0.2, -0.15) is 0 Å². The Labute approximate surface area is 210 Å². The number of aryl methyl sites for hydroxylation is 1. The molecule has 1 N–H and O–H groups in total. The molecule has 4 rings (SSSR count). The Kier molecular flexibility index (Phi) is 7.99. The molecule has 6 heteroatoms. The van der Waals surface area contributed by atoms with Crippen LogP contribution in [0.25, 0.3) is 0 Å². The number of anilines is 1. The van der Waals surface area contributed by atoms with Crippen molar-refractivity contribution in [2.24, 2.45) is 0 Å². The summed E-state index contributed by atoms with van der Waals surface area (Å²) in [5.41, 5.74) is 5.38. The summed E-state index contributed by atoms with van der Waals surface area (Å²) in [6, 6.07) is 27.2. The quantitative estimate of drug-likeness (QED) is 0.266. The molecule has 0 fully saturated rings. The first kappa shape index (κ1) is 24.0. The number of nitrogens with one attached hydrogen (secondary N) is 1. The molecule has 0 bridgehead atoms. The van der Waals surface area contributed by atoms with Crippen molar-refractivity contribution in [2.45, 2.75) is 26.4 Å². The summed E-state index contributed by atoms with van der Waals surface area (Å²) < 4.78 is 15.6. The van der Waals surface area contributed by atoms with E-state index >= 15 is 0 Å². The third-order valence-electron chi connectivity index (χ3n) is 5.82. The molecule has 174 valence electrons. The molecule has 1 aromatic heterocycles. The fraction of sp³-hybridized carbons (Fsp3) is 0.179. The van der Waals surface area contributed by atoms with Gasteiger partial charge in [0.15, 0.2) is 5.11 Å². The van der Waals surface area contributed by atoms with Crippen LogP contribution in [0.15, 0.2) is 91.1 Å². The number of aromatic nitrogens is 1. The highest BCUT2D eigenvalue weighted by molar-refractivity contribution is 7.80. The van der Waals surface area contributed by atoms with Crippen molar-refractivity contribution in [2.75, 3.05) is 11.9 Å². The third-order valence-corrected chi connectivity index (χ3v) is 6.53. The van der Waals surface area contributed by atoms with E-state index in [0.29, 0.717) is 23.2 Å². The average Bonchev–Trinajstić information content (AvgIpc) is 3.27. The van der Waals surface area contributed by atoms with Crippen LogP contribution in [0.3, 0.4) is 0 Å². The zero-order valence-corrected chi connectivity index (χ0v) is 20.6. The van der Waals surface area contributed by atoms with Gasteiger partial charge in [0.2, 0.25) is 0 Å². The number of halogens is 2. The molecule has 0 aliphatic rings. The maximum absolute atomic E-state index is 13.5. The molecule has 1 heterocycles. The largest absolute Gasteiger partial charge is 0.345 e. The van der Waals surface area contributed by atoms with Crippen molar-refractivity contribution in [3.8, 4) is 0 Å². The highest BCUT2D eigenvalue weighted by Gasteiger charge is 2.15. The number of hydrogen-bond acceptors (Lipinski definition) is 1. The van der Waals surface area contributed by atoms with Crippen LogP contribution in [0.2, 0.25) is 5.02 Å². The van der Waals surface area contributed by atoms with Gasteiger partial charge in [0, 0.05) is 35.7 Å². The minimum absolute atomic E-state index is 0.332. The van der Waals surface area contributed by atoms with Crippen LogP contribution in [-0.2, 0) is 19.5 Å². The molecule has 0 spiro atoms. The minimum Gasteiger partial charge on any atom is -0.345 e. The van der Waals surface area contributed by atoms with Crippen LogP contribution >= 0.6 is 23.8 Å². The van der Waals surface area contributed by atoms with E-state index in [9.17, 15) is 4.39 Å². The van der Waals surface area contributed by atoms with E-state index in [1.165, 1.54) is 17.7 Å². The van der Waals surface area contributed by atoms with Crippen molar-refractivity contribution in [1.29, 1.82) is 0 Å². The molecule has 34 heavy (non-hydrogen) atoms. The molecule has 3 nitrogen and oxygen atoms in total. The zero-order valence-electron chi connectivity index (χ0n) is 19.0. The van der Waals surface area contributed by atoms with Crippen molar-refractivity contribution < 1.29 is 4.39 Å². The lowest BCUT2D eigenvalue weighted by molar-refractivity contribution is 0.409. The Bertz CT molecular complexity index is 1260. The van der Waals surface area contributed by atoms with Gasteiger partial charge in [0.25, 0.3) is 0 Å². The number of rotatable bonds is 8. The molecule has 0 saturated heterocycles. The van der Waals surface area contributed by atoms with E-state index in [1.54, 1.807) is 6.07 Å². The first-order valence-corrected chi connectivity index (χ1v) is 12.0. The van der Waals surface area contributed by atoms with E-state index in [0.717, 1.165) is 35.5 Å². The molecule has 3 aromatic carbocycles. The monoisotopic (exact) mass is 491 g/mol. The van der Waals surface area contributed by atoms with Crippen molar-refractivity contribution in [1.82, 2.24) is 9.47 Å². The van der Waals surface area contributed by atoms with Gasteiger partial charge in [-0.1, -0.05) is 66.2 Å². The lowest BCUT2D eigenvalue weighted by atomic mass is 10.1. The summed E-state index contributed by atoms with van der Waals surface area (Å²) in [6.07, 6.45) is 2.89. The molecule has 0 radical (unpaired) electrons. The fourth-order valence-corrected chi connectivity index (χ4v) is 4.34. The second-order valence-corrected chi connectivity index (χ2v) is 9.06. The van der Waals surface area contributed by atoms with Gasteiger partial charge in [-0.3, -0.25) is 0 Å². The Morgan fingerprint density at radius 1 is 1.00 bits per heavy atom. The number of nitrogens with zero attached hydrogens (tertiary/aromatic N) is 2. The normalized spacial score (nSPS) is 10.8. The molecule has 0 atom stereocenters. The summed E-state index contributed by atoms with van der Waals surface area (Å²) in [7, 11) is 0. The van der Waals surface area contributed by atoms with E-state index < -0.39 is 0 Å². The van der Waals surface area contributed by atoms with Gasteiger partial charge in [0.05, 0.1) is 6.54 Å². The van der Waals surface area contributed by atoms with E-state index in [2.05, 4.69) is 58.1 Å². The molecule has 0 saturated carbocycles. The number of para-hydroxylation sites is 1. The minimum atomic E-state index is -0.332. The number of thiocarbonyl (C=S) groups is 1. The summed E-state index contributed by atoms with van der Waals surface area (Å²) in [4.78, 5) is 2.19.